The van der Waals surface area contributed by atoms with E-state index < -0.39 is 22.9 Å². The molecule has 3 atom stereocenters. The predicted octanol–water partition coefficient (Wildman–Crippen LogP) is 3.49. The molecule has 0 spiro atoms. The molecule has 2 bridgehead atoms. The summed E-state index contributed by atoms with van der Waals surface area (Å²) in [6.07, 6.45) is 1.59. The van der Waals surface area contributed by atoms with Gasteiger partial charge in [-0.25, -0.2) is 0 Å². The van der Waals surface area contributed by atoms with Gasteiger partial charge in [0.05, 0.1) is 11.3 Å². The van der Waals surface area contributed by atoms with Gasteiger partial charge in [-0.05, 0) is 86.9 Å². The number of piperidine rings is 1. The molecule has 0 radical (unpaired) electrons. The minimum absolute atomic E-state index is 0.0500. The number of likely N-dealkylation sites (tertiary alicyclic amines) is 2. The average molecular weight is 505 g/mol. The number of aromatic nitrogens is 2. The Morgan fingerprint density at radius 2 is 1.83 bits per heavy atom. The third-order valence-electron chi connectivity index (χ3n) is 9.43. The van der Waals surface area contributed by atoms with Crippen LogP contribution in [-0.4, -0.2) is 74.2 Å². The smallest absolute Gasteiger partial charge is 0.433 e. The summed E-state index contributed by atoms with van der Waals surface area (Å²) in [7, 11) is 1.33. The molecule has 2 saturated heterocycles. The van der Waals surface area contributed by atoms with Gasteiger partial charge in [-0.15, -0.1) is 0 Å². The quantitative estimate of drug-likeness (QED) is 0.653. The van der Waals surface area contributed by atoms with Gasteiger partial charge in [-0.1, -0.05) is 6.07 Å². The molecule has 1 aromatic carbocycles. The normalized spacial score (nSPS) is 31.1. The number of benzene rings is 1. The number of nitrogens with zero attached hydrogens (tertiary/aromatic N) is 4. The lowest BCUT2D eigenvalue weighted by Crippen LogP contribution is -2.71. The molecule has 2 aliphatic heterocycles. The van der Waals surface area contributed by atoms with Crippen molar-refractivity contribution in [2.75, 3.05) is 32.7 Å². The summed E-state index contributed by atoms with van der Waals surface area (Å²) in [6.45, 7) is 4.04. The summed E-state index contributed by atoms with van der Waals surface area (Å²) >= 11 is 0. The van der Waals surface area contributed by atoms with Crippen molar-refractivity contribution in [3.63, 3.8) is 0 Å². The van der Waals surface area contributed by atoms with Gasteiger partial charge in [0.15, 0.2) is 0 Å². The molecule has 36 heavy (non-hydrogen) atoms. The zero-order chi connectivity index (χ0) is 25.3. The summed E-state index contributed by atoms with van der Waals surface area (Å²) in [6, 6.07) is 6.85. The van der Waals surface area contributed by atoms with Gasteiger partial charge in [-0.3, -0.25) is 9.58 Å². The molecule has 9 heteroatoms. The number of aliphatic hydroxyl groups is 1. The van der Waals surface area contributed by atoms with E-state index in [1.807, 2.05) is 12.1 Å². The molecule has 2 N–H and O–H groups in total. The first kappa shape index (κ1) is 24.2. The maximum atomic E-state index is 13.2. The summed E-state index contributed by atoms with van der Waals surface area (Å²) in [4.78, 5) is 4.80. The van der Waals surface area contributed by atoms with Gasteiger partial charge in [0.2, 0.25) is 0 Å². The second-order valence-electron chi connectivity index (χ2n) is 11.5. The highest BCUT2D eigenvalue weighted by Crippen LogP contribution is 2.56. The van der Waals surface area contributed by atoms with Crippen molar-refractivity contribution >= 4 is 0 Å². The molecule has 0 amide bonds. The number of halogens is 3. The van der Waals surface area contributed by atoms with Crippen LogP contribution in [0.3, 0.4) is 0 Å². The van der Waals surface area contributed by atoms with E-state index in [4.69, 9.17) is 0 Å². The van der Waals surface area contributed by atoms with Crippen molar-refractivity contribution in [2.45, 2.75) is 68.2 Å². The van der Waals surface area contributed by atoms with Crippen LogP contribution in [-0.2, 0) is 31.5 Å². The Bertz CT molecular complexity index is 1150. The molecule has 1 saturated carbocycles. The first-order valence-corrected chi connectivity index (χ1v) is 13.2. The van der Waals surface area contributed by atoms with Crippen LogP contribution in [0.5, 0.6) is 5.75 Å². The van der Waals surface area contributed by atoms with Crippen LogP contribution in [0.2, 0.25) is 0 Å². The van der Waals surface area contributed by atoms with Crippen LogP contribution < -0.4 is 0 Å². The van der Waals surface area contributed by atoms with Gasteiger partial charge in [0.25, 0.3) is 0 Å². The minimum Gasteiger partial charge on any atom is -0.508 e. The first-order chi connectivity index (χ1) is 17.1. The molecular formula is C27H35F3N4O2. The molecule has 1 aromatic heterocycles. The van der Waals surface area contributed by atoms with E-state index in [2.05, 4.69) is 14.9 Å². The van der Waals surface area contributed by atoms with Crippen LogP contribution >= 0.6 is 0 Å². The summed E-state index contributed by atoms with van der Waals surface area (Å²) < 4.78 is 40.5. The Kier molecular flexibility index (Phi) is 5.70. The van der Waals surface area contributed by atoms with Crippen LogP contribution in [0.25, 0.3) is 0 Å². The van der Waals surface area contributed by atoms with Crippen molar-refractivity contribution in [2.24, 2.45) is 13.0 Å². The van der Waals surface area contributed by atoms with Gasteiger partial charge < -0.3 is 15.1 Å². The molecule has 4 aliphatic rings. The molecule has 2 aliphatic carbocycles. The Labute approximate surface area is 209 Å². The number of rotatable bonds is 5. The summed E-state index contributed by atoms with van der Waals surface area (Å²) in [5.41, 5.74) is 0.706. The van der Waals surface area contributed by atoms with Crippen molar-refractivity contribution in [3.8, 4) is 5.75 Å². The van der Waals surface area contributed by atoms with E-state index in [1.165, 1.54) is 25.5 Å². The largest absolute Gasteiger partial charge is 0.508 e. The fourth-order valence-electron chi connectivity index (χ4n) is 7.32. The standard InChI is InChI=1S/C27H35F3N4O2/c1-32-24(27(28,29)30)15-20(31-32)6-10-33-11-7-25-8-13-34(17-18-2-3-18)23(26(25,36)9-12-33)14-19-4-5-21(35)16-22(19)25/h4-5,15-16,18,23,35-36H,2-3,6-14,17H2,1H3/t23-,25+,26-/m1/s1. The lowest BCUT2D eigenvalue weighted by molar-refractivity contribution is -0.149. The highest BCUT2D eigenvalue weighted by molar-refractivity contribution is 5.48. The monoisotopic (exact) mass is 504 g/mol. The van der Waals surface area contributed by atoms with Gasteiger partial charge in [-0.2, -0.15) is 18.3 Å². The molecule has 196 valence electrons. The van der Waals surface area contributed by atoms with E-state index in [-0.39, 0.29) is 11.8 Å². The number of hydrogen-bond acceptors (Lipinski definition) is 5. The van der Waals surface area contributed by atoms with Crippen LogP contribution in [0.15, 0.2) is 24.3 Å². The Morgan fingerprint density at radius 1 is 1.08 bits per heavy atom. The lowest BCUT2D eigenvalue weighted by atomic mass is 9.52. The van der Waals surface area contributed by atoms with Gasteiger partial charge in [0.1, 0.15) is 11.4 Å². The number of phenolic OH excluding ortho intramolecular Hbond substituents is 1. The van der Waals surface area contributed by atoms with Crippen LogP contribution in [0.4, 0.5) is 13.2 Å². The molecule has 3 fully saturated rings. The molecule has 0 unspecified atom stereocenters. The SMILES string of the molecule is Cn1nc(CCN2CC[C@]34CCN(CC5CC5)[C@H](Cc5ccc(O)cc53)[C@]4(O)CC2)cc1C(F)(F)F. The van der Waals surface area contributed by atoms with Gasteiger partial charge in [0, 0.05) is 44.6 Å². The minimum atomic E-state index is -4.41. The Balaban J connectivity index is 1.26. The third kappa shape index (κ3) is 3.94. The zero-order valence-corrected chi connectivity index (χ0v) is 20.8. The predicted molar refractivity (Wildman–Crippen MR) is 129 cm³/mol. The highest BCUT2D eigenvalue weighted by Gasteiger charge is 2.63. The number of fused-ring (bicyclic) bond motifs is 1. The second kappa shape index (κ2) is 8.46. The van der Waals surface area contributed by atoms with E-state index in [0.29, 0.717) is 31.6 Å². The highest BCUT2D eigenvalue weighted by atomic mass is 19.4. The Hall–Kier alpha value is -2.10. The number of aromatic hydroxyl groups is 1. The topological polar surface area (TPSA) is 64.8 Å². The lowest BCUT2D eigenvalue weighted by Gasteiger charge is -2.61. The number of hydrogen-bond donors (Lipinski definition) is 2. The Morgan fingerprint density at radius 3 is 2.56 bits per heavy atom. The second-order valence-corrected chi connectivity index (χ2v) is 11.5. The molecular weight excluding hydrogens is 469 g/mol. The van der Waals surface area contributed by atoms with Crippen molar-refractivity contribution in [1.82, 2.24) is 19.6 Å². The maximum Gasteiger partial charge on any atom is 0.433 e. The molecule has 6 rings (SSSR count). The van der Waals surface area contributed by atoms with E-state index >= 15 is 0 Å². The van der Waals surface area contributed by atoms with E-state index in [0.717, 1.165) is 61.1 Å². The number of aryl methyl sites for hydroxylation is 1. The zero-order valence-electron chi connectivity index (χ0n) is 20.8. The summed E-state index contributed by atoms with van der Waals surface area (Å²) in [5, 5.41) is 27.0. The number of alkyl halides is 3. The van der Waals surface area contributed by atoms with Crippen molar-refractivity contribution < 1.29 is 23.4 Å². The van der Waals surface area contributed by atoms with Crippen LogP contribution in [0, 0.1) is 5.92 Å². The molecule has 6 nitrogen and oxygen atoms in total. The summed E-state index contributed by atoms with van der Waals surface area (Å²) in [5.74, 6) is 0.977. The molecule has 2 aromatic rings. The third-order valence-corrected chi connectivity index (χ3v) is 9.43. The fourth-order valence-corrected chi connectivity index (χ4v) is 7.32. The van der Waals surface area contributed by atoms with Gasteiger partial charge >= 0.3 is 6.18 Å². The van der Waals surface area contributed by atoms with Crippen molar-refractivity contribution in [1.29, 1.82) is 0 Å². The van der Waals surface area contributed by atoms with E-state index in [1.54, 1.807) is 6.07 Å². The maximum absolute atomic E-state index is 13.2. The van der Waals surface area contributed by atoms with Crippen LogP contribution in [0.1, 0.15) is 54.6 Å². The average Bonchev–Trinajstić information content (AvgIpc) is 3.57. The van der Waals surface area contributed by atoms with Crippen molar-refractivity contribution in [3.05, 3.63) is 46.8 Å². The fraction of sp³-hybridized carbons (Fsp3) is 0.667. The molecule has 3 heterocycles. The first-order valence-electron chi connectivity index (χ1n) is 13.2. The van der Waals surface area contributed by atoms with E-state index in [9.17, 15) is 23.4 Å². The number of phenols is 1.